The number of phenols is 1. The first kappa shape index (κ1) is 41.4. The highest BCUT2D eigenvalue weighted by Crippen LogP contribution is 2.34. The zero-order chi connectivity index (χ0) is 36.5. The minimum Gasteiger partial charge on any atom is -0.508 e. The maximum Gasteiger partial charge on any atom is 0.303 e. The van der Waals surface area contributed by atoms with E-state index in [4.69, 9.17) is 0 Å². The number of aryl methyl sites for hydroxylation is 2. The molecule has 1 aliphatic rings. The van der Waals surface area contributed by atoms with E-state index < -0.39 is 36.5 Å². The lowest BCUT2D eigenvalue weighted by molar-refractivity contribution is -0.137. The second kappa shape index (κ2) is 21.3. The van der Waals surface area contributed by atoms with Crippen molar-refractivity contribution in [3.63, 3.8) is 0 Å². The number of nitrogens with one attached hydrogen (secondary N) is 1. The molecule has 0 saturated heterocycles. The lowest BCUT2D eigenvalue weighted by Gasteiger charge is -2.36. The molecule has 3 rings (SSSR count). The highest BCUT2D eigenvalue weighted by atomic mass is 16.4. The molecule has 2 aromatic rings. The Labute approximate surface area is 298 Å². The molecule has 0 fully saturated rings. The molecule has 8 N–H and O–H groups in total. The van der Waals surface area contributed by atoms with Crippen molar-refractivity contribution in [2.45, 2.75) is 134 Å². The third-order valence-corrected chi connectivity index (χ3v) is 9.92. The fraction of sp³-hybridized carbons (Fsp3) is 0.585. The number of aliphatic hydroxyl groups is 5. The number of carboxylic acids is 1. The lowest BCUT2D eigenvalue weighted by atomic mass is 9.77. The predicted molar refractivity (Wildman–Crippen MR) is 197 cm³/mol. The number of aliphatic hydroxyl groups excluding tert-OH is 4. The van der Waals surface area contributed by atoms with Crippen molar-refractivity contribution in [1.29, 1.82) is 0 Å². The summed E-state index contributed by atoms with van der Waals surface area (Å²) in [7, 11) is 0. The summed E-state index contributed by atoms with van der Waals surface area (Å²) in [5.41, 5.74) is 4.00. The molecule has 0 aromatic heterocycles. The van der Waals surface area contributed by atoms with Crippen LogP contribution in [-0.4, -0.2) is 84.8 Å². The van der Waals surface area contributed by atoms with Gasteiger partial charge in [0.05, 0.1) is 30.5 Å². The smallest absolute Gasteiger partial charge is 0.303 e. The van der Waals surface area contributed by atoms with Crippen LogP contribution in [-0.2, 0) is 24.1 Å². The van der Waals surface area contributed by atoms with E-state index in [-0.39, 0.29) is 37.1 Å². The van der Waals surface area contributed by atoms with Gasteiger partial charge in [0, 0.05) is 25.4 Å². The number of carboxylic acid groups (broad SMARTS) is 1. The van der Waals surface area contributed by atoms with Crippen molar-refractivity contribution in [3.05, 3.63) is 88.5 Å². The van der Waals surface area contributed by atoms with Crippen LogP contribution in [0.2, 0.25) is 0 Å². The summed E-state index contributed by atoms with van der Waals surface area (Å²) in [6.07, 6.45) is 9.26. The Morgan fingerprint density at radius 3 is 2.34 bits per heavy atom. The lowest BCUT2D eigenvalue weighted by Crippen LogP contribution is -2.48. The average Bonchev–Trinajstić information content (AvgIpc) is 3.09. The van der Waals surface area contributed by atoms with E-state index in [1.54, 1.807) is 37.3 Å². The summed E-state index contributed by atoms with van der Waals surface area (Å²) in [6.45, 7) is 3.60. The van der Waals surface area contributed by atoms with Crippen molar-refractivity contribution in [3.8, 4) is 5.75 Å². The van der Waals surface area contributed by atoms with E-state index >= 15 is 0 Å². The number of allylic oxidation sites excluding steroid dienone is 2. The Balaban J connectivity index is 2.08. The Morgan fingerprint density at radius 2 is 1.68 bits per heavy atom. The number of aromatic hydroxyl groups is 1. The van der Waals surface area contributed by atoms with Crippen LogP contribution in [0, 0.1) is 5.92 Å². The zero-order valence-electron chi connectivity index (χ0n) is 30.0. The fourth-order valence-electron chi connectivity index (χ4n) is 7.07. The molecule has 0 heterocycles. The van der Waals surface area contributed by atoms with Crippen molar-refractivity contribution in [2.24, 2.45) is 5.92 Å². The van der Waals surface area contributed by atoms with E-state index in [2.05, 4.69) is 23.5 Å². The van der Waals surface area contributed by atoms with Crippen molar-refractivity contribution < 1.29 is 40.5 Å². The van der Waals surface area contributed by atoms with E-state index in [0.717, 1.165) is 68.1 Å². The summed E-state index contributed by atoms with van der Waals surface area (Å²) in [4.78, 5) is 11.2. The zero-order valence-corrected chi connectivity index (χ0v) is 30.0. The van der Waals surface area contributed by atoms with Crippen molar-refractivity contribution in [2.75, 3.05) is 13.2 Å². The summed E-state index contributed by atoms with van der Waals surface area (Å²) >= 11 is 0. The van der Waals surface area contributed by atoms with Gasteiger partial charge < -0.3 is 41.1 Å². The number of benzene rings is 2. The maximum atomic E-state index is 11.6. The van der Waals surface area contributed by atoms with Crippen LogP contribution in [0.15, 0.2) is 71.8 Å². The monoisotopic (exact) mass is 695 g/mol. The van der Waals surface area contributed by atoms with Gasteiger partial charge in [-0.05, 0) is 104 Å². The van der Waals surface area contributed by atoms with E-state index in [0.29, 0.717) is 25.7 Å². The molecule has 9 nitrogen and oxygen atoms in total. The Kier molecular flexibility index (Phi) is 17.7. The standard InChI is InChI=1S/C41H61NO8/c1-3-4-13-37(46)38(47)24-21-32-19-17-30-10-8-9-11-31(30)18-20-33(12-6-5-7-14-39(48)49)40(36(32)25-35(45)27-43)42-28-41(2,50)26-29-15-22-34(44)23-16-29/h8-11,15-16,21-24,33,35,37-38,40,42-47,50H,3-7,12-14,17-20,25-28H2,1-2H3,(H,48,49)/b24-21+,36-32+/t33-,35-,37-,38+,40+,41-/m0/s1. The highest BCUT2D eigenvalue weighted by Gasteiger charge is 2.32. The number of hydrogen-bond donors (Lipinski definition) is 8. The third kappa shape index (κ3) is 14.3. The molecule has 0 unspecified atom stereocenters. The molecule has 0 aliphatic heterocycles. The van der Waals surface area contributed by atoms with E-state index in [1.807, 2.05) is 19.1 Å². The molecule has 2 aromatic carbocycles. The second-order valence-corrected chi connectivity index (χ2v) is 14.4. The molecule has 0 spiro atoms. The van der Waals surface area contributed by atoms with Gasteiger partial charge in [-0.25, -0.2) is 0 Å². The molecule has 1 aliphatic carbocycles. The van der Waals surface area contributed by atoms with Crippen molar-refractivity contribution >= 4 is 5.97 Å². The third-order valence-electron chi connectivity index (χ3n) is 9.92. The number of phenolic OH excluding ortho intramolecular Hbond substituents is 1. The molecule has 50 heavy (non-hydrogen) atoms. The number of rotatable bonds is 20. The van der Waals surface area contributed by atoms with Crippen LogP contribution in [0.4, 0.5) is 0 Å². The van der Waals surface area contributed by atoms with Gasteiger partial charge in [0.2, 0.25) is 0 Å². The Hall–Kier alpha value is -3.05. The van der Waals surface area contributed by atoms with Crippen LogP contribution in [0.25, 0.3) is 0 Å². The topological polar surface area (TPSA) is 171 Å². The van der Waals surface area contributed by atoms with Gasteiger partial charge in [-0.2, -0.15) is 0 Å². The molecule has 6 atom stereocenters. The second-order valence-electron chi connectivity index (χ2n) is 14.4. The maximum absolute atomic E-state index is 11.6. The molecule has 9 heteroatoms. The van der Waals surface area contributed by atoms with Crippen LogP contribution >= 0.6 is 0 Å². The molecule has 0 amide bonds. The fourth-order valence-corrected chi connectivity index (χ4v) is 7.07. The van der Waals surface area contributed by atoms with Gasteiger partial charge >= 0.3 is 5.97 Å². The Bertz CT molecular complexity index is 1350. The van der Waals surface area contributed by atoms with Crippen molar-refractivity contribution in [1.82, 2.24) is 5.32 Å². The number of carbonyl (C=O) groups is 1. The van der Waals surface area contributed by atoms with Crippen LogP contribution < -0.4 is 5.32 Å². The van der Waals surface area contributed by atoms with E-state index in [1.165, 1.54) is 11.1 Å². The largest absolute Gasteiger partial charge is 0.508 e. The average molecular weight is 696 g/mol. The van der Waals surface area contributed by atoms with Gasteiger partial charge in [-0.1, -0.05) is 81.2 Å². The summed E-state index contributed by atoms with van der Waals surface area (Å²) in [5.74, 6) is -0.612. The molecular formula is C41H61NO8. The number of hydrogen-bond acceptors (Lipinski definition) is 8. The highest BCUT2D eigenvalue weighted by molar-refractivity contribution is 5.66. The number of unbranched alkanes of at least 4 members (excludes halogenated alkanes) is 3. The minimum absolute atomic E-state index is 0.0415. The van der Waals surface area contributed by atoms with E-state index in [9.17, 15) is 40.5 Å². The first-order valence-electron chi connectivity index (χ1n) is 18.5. The van der Waals surface area contributed by atoms with Gasteiger partial charge in [-0.3, -0.25) is 4.79 Å². The molecule has 278 valence electrons. The first-order chi connectivity index (χ1) is 23.9. The van der Waals surface area contributed by atoms with Gasteiger partial charge in [0.25, 0.3) is 0 Å². The normalized spacial score (nSPS) is 21.7. The quantitative estimate of drug-likeness (QED) is 0.0848. The Morgan fingerprint density at radius 1 is 0.980 bits per heavy atom. The molecule has 0 saturated carbocycles. The van der Waals surface area contributed by atoms with Crippen LogP contribution in [0.1, 0.15) is 101 Å². The molecule has 0 radical (unpaired) electrons. The number of fused-ring (bicyclic) bond motifs is 1. The molecular weight excluding hydrogens is 634 g/mol. The summed E-state index contributed by atoms with van der Waals surface area (Å²) in [5, 5.41) is 76.8. The predicted octanol–water partition coefficient (Wildman–Crippen LogP) is 5.38. The first-order valence-corrected chi connectivity index (χ1v) is 18.5. The van der Waals surface area contributed by atoms with Gasteiger partial charge in [-0.15, -0.1) is 0 Å². The number of aliphatic carboxylic acids is 1. The summed E-state index contributed by atoms with van der Waals surface area (Å²) < 4.78 is 0. The van der Waals surface area contributed by atoms with Gasteiger partial charge in [0.1, 0.15) is 5.75 Å². The summed E-state index contributed by atoms with van der Waals surface area (Å²) in [6, 6.07) is 14.9. The van der Waals surface area contributed by atoms with Crippen LogP contribution in [0.5, 0.6) is 5.75 Å². The molecule has 0 bridgehead atoms. The van der Waals surface area contributed by atoms with Gasteiger partial charge in [0.15, 0.2) is 0 Å². The minimum atomic E-state index is -1.17. The van der Waals surface area contributed by atoms with Crippen LogP contribution in [0.3, 0.4) is 0 Å². The SMILES string of the molecule is CCCC[C@H](O)[C@H](O)/C=C/C1=C(\C[C@H](O)CO)[C@H](NC[C@@](C)(O)Cc2ccc(O)cc2)[C@@H](CCCCCC(=O)O)CCc2ccccc2CC1.